The van der Waals surface area contributed by atoms with Gasteiger partial charge in [0.2, 0.25) is 0 Å². The predicted molar refractivity (Wildman–Crippen MR) is 76.6 cm³/mol. The summed E-state index contributed by atoms with van der Waals surface area (Å²) in [6.07, 6.45) is 0. The van der Waals surface area contributed by atoms with Crippen molar-refractivity contribution in [3.8, 4) is 0 Å². The Hall–Kier alpha value is -1.77. The van der Waals surface area contributed by atoms with E-state index in [4.69, 9.17) is 5.73 Å². The van der Waals surface area contributed by atoms with Crippen LogP contribution >= 0.6 is 0 Å². The highest BCUT2D eigenvalue weighted by molar-refractivity contribution is 5.83. The van der Waals surface area contributed by atoms with Crippen LogP contribution < -0.4 is 11.3 Å². The summed E-state index contributed by atoms with van der Waals surface area (Å²) < 4.78 is 1.69. The van der Waals surface area contributed by atoms with Gasteiger partial charge in [-0.25, -0.2) is 0 Å². The third-order valence-electron chi connectivity index (χ3n) is 3.66. The Morgan fingerprint density at radius 1 is 1.22 bits per heavy atom. The Morgan fingerprint density at radius 3 is 2.56 bits per heavy atom. The van der Waals surface area contributed by atoms with Crippen LogP contribution in [0.3, 0.4) is 0 Å². The Kier molecular flexibility index (Phi) is 3.41. The van der Waals surface area contributed by atoms with Crippen LogP contribution in [0.2, 0.25) is 0 Å². The lowest BCUT2D eigenvalue weighted by Gasteiger charge is -2.19. The van der Waals surface area contributed by atoms with Crippen LogP contribution in [0.15, 0.2) is 35.1 Å². The van der Waals surface area contributed by atoms with Gasteiger partial charge in [0.25, 0.3) is 5.56 Å². The Bertz CT molecular complexity index is 613. The summed E-state index contributed by atoms with van der Waals surface area (Å²) in [6, 6.07) is 9.46. The molecule has 0 radical (unpaired) electrons. The molecule has 1 aromatic carbocycles. The van der Waals surface area contributed by atoms with Gasteiger partial charge >= 0.3 is 0 Å². The van der Waals surface area contributed by atoms with E-state index in [0.717, 1.165) is 10.8 Å². The zero-order valence-corrected chi connectivity index (χ0v) is 11.2. The first-order valence-corrected chi connectivity index (χ1v) is 6.38. The second-order valence-corrected chi connectivity index (χ2v) is 5.29. The molecule has 0 amide bonds. The van der Waals surface area contributed by atoms with Gasteiger partial charge in [-0.05, 0) is 29.4 Å². The molecule has 96 valence electrons. The topological polar surface area (TPSA) is 48.0 Å². The molecule has 0 saturated heterocycles. The Balaban J connectivity index is 2.54. The van der Waals surface area contributed by atoms with Gasteiger partial charge in [-0.1, -0.05) is 39.0 Å². The molecule has 0 bridgehead atoms. The molecule has 0 aliphatic heterocycles. The summed E-state index contributed by atoms with van der Waals surface area (Å²) in [4.78, 5) is 12.4. The lowest BCUT2D eigenvalue weighted by molar-refractivity contribution is 0.363. The molecule has 3 nitrogen and oxygen atoms in total. The first kappa shape index (κ1) is 12.7. The quantitative estimate of drug-likeness (QED) is 0.902. The number of fused-ring (bicyclic) bond motifs is 1. The summed E-state index contributed by atoms with van der Waals surface area (Å²) in [5.41, 5.74) is 6.01. The molecule has 2 rings (SSSR count). The second-order valence-electron chi connectivity index (χ2n) is 5.29. The van der Waals surface area contributed by atoms with Gasteiger partial charge < -0.3 is 5.73 Å². The van der Waals surface area contributed by atoms with Crippen LogP contribution in [0.5, 0.6) is 0 Å². The van der Waals surface area contributed by atoms with Crippen LogP contribution in [0.25, 0.3) is 10.8 Å². The smallest absolute Gasteiger partial charge is 0.259 e. The molecule has 2 N–H and O–H groups in total. The van der Waals surface area contributed by atoms with Gasteiger partial charge in [0, 0.05) is 11.9 Å². The van der Waals surface area contributed by atoms with Crippen molar-refractivity contribution < 1.29 is 0 Å². The first-order valence-electron chi connectivity index (χ1n) is 6.38. The maximum Gasteiger partial charge on any atom is 0.259 e. The van der Waals surface area contributed by atoms with Crippen molar-refractivity contribution in [1.29, 1.82) is 0 Å². The number of rotatable bonds is 3. The minimum Gasteiger partial charge on any atom is -0.385 e. The average molecular weight is 244 g/mol. The lowest BCUT2D eigenvalue weighted by Crippen LogP contribution is -2.27. The van der Waals surface area contributed by atoms with Gasteiger partial charge in [0.05, 0.1) is 0 Å². The van der Waals surface area contributed by atoms with E-state index in [1.807, 2.05) is 30.3 Å². The number of nitrogen functional groups attached to an aromatic ring is 1. The van der Waals surface area contributed by atoms with Crippen LogP contribution in [-0.2, 0) is 6.54 Å². The van der Waals surface area contributed by atoms with E-state index in [9.17, 15) is 4.79 Å². The van der Waals surface area contributed by atoms with Crippen LogP contribution in [0, 0.1) is 11.8 Å². The largest absolute Gasteiger partial charge is 0.385 e. The summed E-state index contributed by atoms with van der Waals surface area (Å²) in [5.74, 6) is 1.50. The maximum absolute atomic E-state index is 12.4. The minimum absolute atomic E-state index is 0.0121. The Morgan fingerprint density at radius 2 is 1.89 bits per heavy atom. The number of nitrogens with two attached hydrogens (primary N) is 1. The molecular formula is C15H20N2O. The van der Waals surface area contributed by atoms with Gasteiger partial charge in [-0.3, -0.25) is 9.36 Å². The van der Waals surface area contributed by atoms with Crippen molar-refractivity contribution in [3.05, 3.63) is 40.7 Å². The highest BCUT2D eigenvalue weighted by Gasteiger charge is 2.12. The number of benzene rings is 1. The van der Waals surface area contributed by atoms with Crippen molar-refractivity contribution in [1.82, 2.24) is 4.57 Å². The molecule has 18 heavy (non-hydrogen) atoms. The monoisotopic (exact) mass is 244 g/mol. The molecule has 1 heterocycles. The van der Waals surface area contributed by atoms with Crippen molar-refractivity contribution in [2.75, 3.05) is 5.73 Å². The maximum atomic E-state index is 12.4. The van der Waals surface area contributed by atoms with Crippen molar-refractivity contribution in [2.24, 2.45) is 11.8 Å². The summed E-state index contributed by atoms with van der Waals surface area (Å²) >= 11 is 0. The van der Waals surface area contributed by atoms with E-state index >= 15 is 0 Å². The molecule has 2 aromatic rings. The van der Waals surface area contributed by atoms with Crippen molar-refractivity contribution in [2.45, 2.75) is 27.3 Å². The standard InChI is InChI=1S/C15H20N2O/c1-10(2)11(3)9-17-14(16)8-12-6-4-5-7-13(12)15(17)18/h4-8,10-11H,9,16H2,1-3H3. The fraction of sp³-hybridized carbons (Fsp3) is 0.400. The van der Waals surface area contributed by atoms with Crippen LogP contribution in [-0.4, -0.2) is 4.57 Å². The highest BCUT2D eigenvalue weighted by Crippen LogP contribution is 2.17. The van der Waals surface area contributed by atoms with Gasteiger partial charge in [-0.2, -0.15) is 0 Å². The molecule has 0 saturated carbocycles. The number of hydrogen-bond acceptors (Lipinski definition) is 2. The van der Waals surface area contributed by atoms with Gasteiger partial charge in [0.1, 0.15) is 5.82 Å². The SMILES string of the molecule is CC(C)C(C)Cn1c(N)cc2ccccc2c1=O. The zero-order chi connectivity index (χ0) is 13.3. The average Bonchev–Trinajstić information content (AvgIpc) is 2.34. The zero-order valence-electron chi connectivity index (χ0n) is 11.2. The summed E-state index contributed by atoms with van der Waals surface area (Å²) in [7, 11) is 0. The molecule has 1 atom stereocenters. The number of anilines is 1. The molecule has 1 aromatic heterocycles. The van der Waals surface area contributed by atoms with Gasteiger partial charge in [0.15, 0.2) is 0 Å². The van der Waals surface area contributed by atoms with E-state index < -0.39 is 0 Å². The highest BCUT2D eigenvalue weighted by atomic mass is 16.1. The number of nitrogens with zero attached hydrogens (tertiary/aromatic N) is 1. The molecule has 0 aliphatic rings. The Labute approximate surface area is 107 Å². The van der Waals surface area contributed by atoms with Crippen LogP contribution in [0.1, 0.15) is 20.8 Å². The minimum atomic E-state index is 0.0121. The number of hydrogen-bond donors (Lipinski definition) is 1. The van der Waals surface area contributed by atoms with E-state index in [1.54, 1.807) is 4.57 Å². The fourth-order valence-corrected chi connectivity index (χ4v) is 2.00. The normalized spacial score (nSPS) is 13.1. The van der Waals surface area contributed by atoms with Crippen molar-refractivity contribution >= 4 is 16.6 Å². The predicted octanol–water partition coefficient (Wildman–Crippen LogP) is 2.88. The van der Waals surface area contributed by atoms with E-state index in [1.165, 1.54) is 0 Å². The molecule has 3 heteroatoms. The third-order valence-corrected chi connectivity index (χ3v) is 3.66. The fourth-order valence-electron chi connectivity index (χ4n) is 2.00. The van der Waals surface area contributed by atoms with Crippen molar-refractivity contribution in [3.63, 3.8) is 0 Å². The first-order chi connectivity index (χ1) is 8.50. The summed E-state index contributed by atoms with van der Waals surface area (Å²) in [5, 5.41) is 1.65. The number of pyridine rings is 1. The molecule has 0 fully saturated rings. The molecule has 0 aliphatic carbocycles. The van der Waals surface area contributed by atoms with E-state index in [0.29, 0.717) is 24.2 Å². The molecule has 0 spiro atoms. The second kappa shape index (κ2) is 4.84. The molecule has 1 unspecified atom stereocenters. The lowest BCUT2D eigenvalue weighted by atomic mass is 9.98. The number of aromatic nitrogens is 1. The van der Waals surface area contributed by atoms with E-state index in [2.05, 4.69) is 20.8 Å². The van der Waals surface area contributed by atoms with E-state index in [-0.39, 0.29) is 5.56 Å². The molecular weight excluding hydrogens is 224 g/mol. The third kappa shape index (κ3) is 2.26. The van der Waals surface area contributed by atoms with Crippen LogP contribution in [0.4, 0.5) is 5.82 Å². The summed E-state index contributed by atoms with van der Waals surface area (Å²) in [6.45, 7) is 7.14. The van der Waals surface area contributed by atoms with Gasteiger partial charge in [-0.15, -0.1) is 0 Å².